The Morgan fingerprint density at radius 2 is 2.00 bits per heavy atom. The second-order valence-corrected chi connectivity index (χ2v) is 4.91. The summed E-state index contributed by atoms with van der Waals surface area (Å²) in [6.45, 7) is 2.96. The Morgan fingerprint density at radius 1 is 1.18 bits per heavy atom. The zero-order valence-corrected chi connectivity index (χ0v) is 12.2. The summed E-state index contributed by atoms with van der Waals surface area (Å²) in [5.41, 5.74) is 2.08. The maximum absolute atomic E-state index is 12.9. The van der Waals surface area contributed by atoms with Crippen LogP contribution in [0, 0.1) is 5.82 Å². The number of anilines is 3. The Balaban J connectivity index is 1.87. The molecule has 0 spiro atoms. The van der Waals surface area contributed by atoms with E-state index in [0.29, 0.717) is 17.4 Å². The lowest BCUT2D eigenvalue weighted by Crippen LogP contribution is -2.06. The molecule has 6 nitrogen and oxygen atoms in total. The lowest BCUT2D eigenvalue weighted by atomic mass is 10.3. The average molecular weight is 300 g/mol. The van der Waals surface area contributed by atoms with Gasteiger partial charge in [-0.1, -0.05) is 13.3 Å². The monoisotopic (exact) mass is 300 g/mol. The predicted octanol–water partition coefficient (Wildman–Crippen LogP) is 3.45. The molecule has 0 bridgehead atoms. The van der Waals surface area contributed by atoms with Gasteiger partial charge in [0, 0.05) is 12.2 Å². The van der Waals surface area contributed by atoms with E-state index in [1.807, 2.05) is 0 Å². The van der Waals surface area contributed by atoms with Crippen LogP contribution in [0.5, 0.6) is 0 Å². The molecule has 22 heavy (non-hydrogen) atoms. The summed E-state index contributed by atoms with van der Waals surface area (Å²) >= 11 is 0. The molecule has 2 aromatic heterocycles. The molecular formula is C15H17FN6. The Morgan fingerprint density at radius 3 is 2.77 bits per heavy atom. The number of aromatic nitrogens is 4. The fraction of sp³-hybridized carbons (Fsp3) is 0.267. The third kappa shape index (κ3) is 3.13. The van der Waals surface area contributed by atoms with Gasteiger partial charge in [-0.25, -0.2) is 9.37 Å². The lowest BCUT2D eigenvalue weighted by Gasteiger charge is -2.09. The Bertz CT molecular complexity index is 752. The molecule has 0 radical (unpaired) electrons. The van der Waals surface area contributed by atoms with Gasteiger partial charge in [0.1, 0.15) is 11.3 Å². The lowest BCUT2D eigenvalue weighted by molar-refractivity contribution is 0.628. The van der Waals surface area contributed by atoms with Crippen molar-refractivity contribution < 1.29 is 4.39 Å². The molecular weight excluding hydrogens is 283 g/mol. The zero-order chi connectivity index (χ0) is 15.4. The smallest absolute Gasteiger partial charge is 0.231 e. The number of aromatic amines is 1. The van der Waals surface area contributed by atoms with E-state index in [0.717, 1.165) is 30.6 Å². The zero-order valence-electron chi connectivity index (χ0n) is 12.2. The van der Waals surface area contributed by atoms with Gasteiger partial charge >= 0.3 is 0 Å². The predicted molar refractivity (Wildman–Crippen MR) is 84.8 cm³/mol. The first kappa shape index (κ1) is 14.2. The number of hydrogen-bond donors (Lipinski definition) is 3. The van der Waals surface area contributed by atoms with E-state index in [1.165, 1.54) is 12.1 Å². The highest BCUT2D eigenvalue weighted by Crippen LogP contribution is 2.21. The van der Waals surface area contributed by atoms with E-state index in [-0.39, 0.29) is 5.82 Å². The second-order valence-electron chi connectivity index (χ2n) is 4.91. The largest absolute Gasteiger partial charge is 0.368 e. The number of H-pyrrole nitrogens is 1. The highest BCUT2D eigenvalue weighted by Gasteiger charge is 2.09. The number of hydrogen-bond acceptors (Lipinski definition) is 5. The van der Waals surface area contributed by atoms with Crippen molar-refractivity contribution >= 4 is 28.6 Å². The molecule has 0 saturated carbocycles. The molecule has 0 saturated heterocycles. The molecule has 0 amide bonds. The molecule has 3 rings (SSSR count). The summed E-state index contributed by atoms with van der Waals surface area (Å²) in [6.07, 6.45) is 3.75. The van der Waals surface area contributed by atoms with Crippen LogP contribution < -0.4 is 10.6 Å². The van der Waals surface area contributed by atoms with Crippen LogP contribution in [0.4, 0.5) is 21.8 Å². The summed E-state index contributed by atoms with van der Waals surface area (Å²) < 4.78 is 12.9. The Hall–Kier alpha value is -2.70. The first-order valence-electron chi connectivity index (χ1n) is 7.24. The second kappa shape index (κ2) is 6.38. The van der Waals surface area contributed by atoms with Gasteiger partial charge in [0.15, 0.2) is 11.5 Å². The molecule has 0 aliphatic carbocycles. The number of imidazole rings is 1. The molecule has 3 aromatic rings. The maximum Gasteiger partial charge on any atom is 0.231 e. The number of benzene rings is 1. The van der Waals surface area contributed by atoms with Crippen LogP contribution in [0.2, 0.25) is 0 Å². The number of rotatable bonds is 6. The van der Waals surface area contributed by atoms with E-state index in [1.54, 1.807) is 18.5 Å². The fourth-order valence-corrected chi connectivity index (χ4v) is 2.06. The number of fused-ring (bicyclic) bond motifs is 1. The van der Waals surface area contributed by atoms with Crippen LogP contribution in [0.15, 0.2) is 30.6 Å². The summed E-state index contributed by atoms with van der Waals surface area (Å²) in [5.74, 6) is 0.849. The highest BCUT2D eigenvalue weighted by molar-refractivity contribution is 5.84. The summed E-state index contributed by atoms with van der Waals surface area (Å²) in [4.78, 5) is 16.0. The van der Waals surface area contributed by atoms with Crippen LogP contribution in [0.1, 0.15) is 19.8 Å². The van der Waals surface area contributed by atoms with Crippen LogP contribution >= 0.6 is 0 Å². The first-order chi connectivity index (χ1) is 10.8. The van der Waals surface area contributed by atoms with Crippen molar-refractivity contribution in [3.05, 3.63) is 36.4 Å². The number of nitrogens with one attached hydrogen (secondary N) is 3. The van der Waals surface area contributed by atoms with Crippen LogP contribution in [0.3, 0.4) is 0 Å². The number of nitrogens with zero attached hydrogens (tertiary/aromatic N) is 3. The van der Waals surface area contributed by atoms with Crippen molar-refractivity contribution in [1.82, 2.24) is 19.9 Å². The molecule has 3 N–H and O–H groups in total. The van der Waals surface area contributed by atoms with E-state index >= 15 is 0 Å². The highest BCUT2D eigenvalue weighted by atomic mass is 19.1. The normalized spacial score (nSPS) is 10.8. The summed E-state index contributed by atoms with van der Waals surface area (Å²) in [6, 6.07) is 6.04. The van der Waals surface area contributed by atoms with E-state index in [9.17, 15) is 4.39 Å². The molecule has 0 atom stereocenters. The molecule has 0 aliphatic rings. The minimum absolute atomic E-state index is 0.281. The topological polar surface area (TPSA) is 78.5 Å². The molecule has 7 heteroatoms. The Labute approximate surface area is 127 Å². The fourth-order valence-electron chi connectivity index (χ4n) is 2.06. The van der Waals surface area contributed by atoms with Crippen molar-refractivity contribution in [2.45, 2.75) is 19.8 Å². The van der Waals surface area contributed by atoms with Crippen molar-refractivity contribution in [3.63, 3.8) is 0 Å². The van der Waals surface area contributed by atoms with Crippen molar-refractivity contribution in [2.75, 3.05) is 17.2 Å². The molecule has 0 unspecified atom stereocenters. The quantitative estimate of drug-likeness (QED) is 0.608. The van der Waals surface area contributed by atoms with Gasteiger partial charge in [0.25, 0.3) is 0 Å². The van der Waals surface area contributed by atoms with Crippen molar-refractivity contribution in [3.8, 4) is 0 Å². The SMILES string of the molecule is CCCCNc1nc(Nc2ccc(F)cc2)nc2nc[nH]c12. The summed E-state index contributed by atoms with van der Waals surface area (Å²) in [5, 5.41) is 6.35. The number of unbranched alkanes of at least 4 members (excludes halogenated alkanes) is 1. The number of halogens is 1. The van der Waals surface area contributed by atoms with Crippen LogP contribution in [-0.2, 0) is 0 Å². The average Bonchev–Trinajstić information content (AvgIpc) is 2.98. The first-order valence-corrected chi connectivity index (χ1v) is 7.24. The van der Waals surface area contributed by atoms with Crippen molar-refractivity contribution in [2.24, 2.45) is 0 Å². The van der Waals surface area contributed by atoms with Gasteiger partial charge in [-0.15, -0.1) is 0 Å². The van der Waals surface area contributed by atoms with E-state index in [2.05, 4.69) is 37.5 Å². The molecule has 1 aromatic carbocycles. The van der Waals surface area contributed by atoms with Gasteiger partial charge in [0.05, 0.1) is 6.33 Å². The van der Waals surface area contributed by atoms with Gasteiger partial charge in [-0.3, -0.25) is 0 Å². The van der Waals surface area contributed by atoms with E-state index in [4.69, 9.17) is 0 Å². The van der Waals surface area contributed by atoms with E-state index < -0.39 is 0 Å². The summed E-state index contributed by atoms with van der Waals surface area (Å²) in [7, 11) is 0. The standard InChI is InChI=1S/C15H17FN6/c1-2-3-8-17-13-12-14(19-9-18-12)22-15(21-13)20-11-6-4-10(16)5-7-11/h4-7,9H,2-3,8H2,1H3,(H3,17,18,19,20,21,22). The minimum atomic E-state index is -0.281. The molecule has 2 heterocycles. The van der Waals surface area contributed by atoms with Gasteiger partial charge in [-0.2, -0.15) is 9.97 Å². The maximum atomic E-state index is 12.9. The molecule has 0 aliphatic heterocycles. The van der Waals surface area contributed by atoms with Crippen LogP contribution in [-0.4, -0.2) is 26.5 Å². The minimum Gasteiger partial charge on any atom is -0.368 e. The molecule has 0 fully saturated rings. The molecule has 114 valence electrons. The Kier molecular flexibility index (Phi) is 4.13. The van der Waals surface area contributed by atoms with Gasteiger partial charge < -0.3 is 15.6 Å². The van der Waals surface area contributed by atoms with Crippen LogP contribution in [0.25, 0.3) is 11.2 Å². The van der Waals surface area contributed by atoms with Gasteiger partial charge in [0.2, 0.25) is 5.95 Å². The van der Waals surface area contributed by atoms with Crippen molar-refractivity contribution in [1.29, 1.82) is 0 Å². The van der Waals surface area contributed by atoms with Gasteiger partial charge in [-0.05, 0) is 30.7 Å². The third-order valence-electron chi connectivity index (χ3n) is 3.21. The third-order valence-corrected chi connectivity index (χ3v) is 3.21.